The first-order valence-electron chi connectivity index (χ1n) is 12.0. The molecule has 0 aliphatic carbocycles. The van der Waals surface area contributed by atoms with E-state index in [0.717, 1.165) is 23.2 Å². The minimum Gasteiger partial charge on any atom is -0.491 e. The van der Waals surface area contributed by atoms with Gasteiger partial charge in [-0.15, -0.1) is 0 Å². The third-order valence-electron chi connectivity index (χ3n) is 5.90. The summed E-state index contributed by atoms with van der Waals surface area (Å²) in [6.45, 7) is 6.70. The quantitative estimate of drug-likeness (QED) is 0.392. The number of carbonyl (C=O) groups is 1. The maximum atomic E-state index is 14.7. The van der Waals surface area contributed by atoms with Gasteiger partial charge in [-0.1, -0.05) is 12.1 Å². The molecule has 0 atom stereocenters. The first-order chi connectivity index (χ1) is 17.3. The second-order valence-electron chi connectivity index (χ2n) is 8.99. The Morgan fingerprint density at radius 1 is 1.25 bits per heavy atom. The van der Waals surface area contributed by atoms with Crippen LogP contribution in [0.3, 0.4) is 0 Å². The SMILES string of the molecule is COCCN(CCC(=O)O)Cc1ccc2c(c1)CCN2c1noc(-c2ccc(OC(C)C)cc2F)n1. The number of ether oxygens (including phenoxy) is 2. The summed E-state index contributed by atoms with van der Waals surface area (Å²) in [5.41, 5.74) is 3.43. The van der Waals surface area contributed by atoms with Crippen molar-refractivity contribution >= 4 is 17.6 Å². The Kier molecular flexibility index (Phi) is 8.17. The fourth-order valence-electron chi connectivity index (χ4n) is 4.21. The molecule has 192 valence electrons. The van der Waals surface area contributed by atoms with Gasteiger partial charge in [-0.2, -0.15) is 4.98 Å². The van der Waals surface area contributed by atoms with Crippen molar-refractivity contribution in [2.75, 3.05) is 38.3 Å². The van der Waals surface area contributed by atoms with Gasteiger partial charge >= 0.3 is 5.97 Å². The van der Waals surface area contributed by atoms with E-state index in [1.54, 1.807) is 19.2 Å². The van der Waals surface area contributed by atoms with Crippen LogP contribution in [0.5, 0.6) is 5.75 Å². The summed E-state index contributed by atoms with van der Waals surface area (Å²) < 4.78 is 30.8. The summed E-state index contributed by atoms with van der Waals surface area (Å²) in [5, 5.41) is 13.1. The molecule has 4 rings (SSSR count). The van der Waals surface area contributed by atoms with Gasteiger partial charge in [-0.05, 0) is 54.8 Å². The number of halogens is 1. The number of methoxy groups -OCH3 is 1. The molecule has 0 fully saturated rings. The van der Waals surface area contributed by atoms with Crippen molar-refractivity contribution < 1.29 is 28.3 Å². The van der Waals surface area contributed by atoms with Crippen LogP contribution in [0.1, 0.15) is 31.4 Å². The number of aliphatic carboxylic acids is 1. The largest absolute Gasteiger partial charge is 0.491 e. The highest BCUT2D eigenvalue weighted by atomic mass is 19.1. The van der Waals surface area contributed by atoms with Gasteiger partial charge in [0, 0.05) is 45.0 Å². The van der Waals surface area contributed by atoms with Crippen LogP contribution < -0.4 is 9.64 Å². The number of carboxylic acids is 1. The third kappa shape index (κ3) is 6.19. The minimum absolute atomic E-state index is 0.0563. The predicted octanol–water partition coefficient (Wildman–Crippen LogP) is 4.28. The molecule has 10 heteroatoms. The second kappa shape index (κ2) is 11.5. The standard InChI is InChI=1S/C26H31FN4O5/c1-17(2)35-20-5-6-21(22(27)15-20)25-28-26(29-36-25)31-11-8-19-14-18(4-7-23(19)31)16-30(12-13-34-3)10-9-24(32)33/h4-7,14-15,17H,8-13,16H2,1-3H3,(H,32,33). The average molecular weight is 499 g/mol. The molecule has 1 aromatic heterocycles. The van der Waals surface area contributed by atoms with E-state index in [0.29, 0.717) is 44.5 Å². The van der Waals surface area contributed by atoms with E-state index in [2.05, 4.69) is 21.1 Å². The van der Waals surface area contributed by atoms with E-state index < -0.39 is 11.8 Å². The zero-order valence-electron chi connectivity index (χ0n) is 20.7. The molecule has 0 unspecified atom stereocenters. The summed E-state index contributed by atoms with van der Waals surface area (Å²) in [7, 11) is 1.63. The number of hydrogen-bond donors (Lipinski definition) is 1. The molecule has 36 heavy (non-hydrogen) atoms. The van der Waals surface area contributed by atoms with E-state index in [-0.39, 0.29) is 24.0 Å². The van der Waals surface area contributed by atoms with Gasteiger partial charge in [-0.3, -0.25) is 9.69 Å². The second-order valence-corrected chi connectivity index (χ2v) is 8.99. The number of hydrogen-bond acceptors (Lipinski definition) is 8. The van der Waals surface area contributed by atoms with Crippen LogP contribution >= 0.6 is 0 Å². The summed E-state index contributed by atoms with van der Waals surface area (Å²) in [6.07, 6.45) is 0.825. The Bertz CT molecular complexity index is 1200. The van der Waals surface area contributed by atoms with Crippen LogP contribution in [-0.4, -0.2) is 65.6 Å². The van der Waals surface area contributed by atoms with Gasteiger partial charge < -0.3 is 24.0 Å². The molecule has 0 saturated heterocycles. The van der Waals surface area contributed by atoms with Gasteiger partial charge in [0.15, 0.2) is 0 Å². The number of carboxylic acid groups (broad SMARTS) is 1. The Hall–Kier alpha value is -3.50. The predicted molar refractivity (Wildman–Crippen MR) is 132 cm³/mol. The highest BCUT2D eigenvalue weighted by Crippen LogP contribution is 2.35. The van der Waals surface area contributed by atoms with Crippen LogP contribution in [0.15, 0.2) is 40.9 Å². The molecule has 2 aromatic carbocycles. The van der Waals surface area contributed by atoms with Crippen molar-refractivity contribution in [2.24, 2.45) is 0 Å². The Balaban J connectivity index is 1.47. The van der Waals surface area contributed by atoms with Gasteiger partial charge in [-0.25, -0.2) is 4.39 Å². The maximum Gasteiger partial charge on any atom is 0.304 e. The first-order valence-corrected chi connectivity index (χ1v) is 12.0. The molecule has 0 bridgehead atoms. The van der Waals surface area contributed by atoms with E-state index in [1.807, 2.05) is 30.9 Å². The van der Waals surface area contributed by atoms with Gasteiger partial charge in [0.25, 0.3) is 11.8 Å². The molecule has 2 heterocycles. The Morgan fingerprint density at radius 3 is 2.81 bits per heavy atom. The molecule has 0 amide bonds. The van der Waals surface area contributed by atoms with E-state index >= 15 is 0 Å². The summed E-state index contributed by atoms with van der Waals surface area (Å²) >= 11 is 0. The zero-order chi connectivity index (χ0) is 25.7. The minimum atomic E-state index is -0.818. The monoisotopic (exact) mass is 498 g/mol. The van der Waals surface area contributed by atoms with Crippen molar-refractivity contribution in [2.45, 2.75) is 39.3 Å². The molecule has 3 aromatic rings. The first kappa shape index (κ1) is 25.6. The number of rotatable bonds is 12. The summed E-state index contributed by atoms with van der Waals surface area (Å²) in [6, 6.07) is 10.7. The molecule has 1 aliphatic rings. The fourth-order valence-corrected chi connectivity index (χ4v) is 4.21. The number of benzene rings is 2. The van der Waals surface area contributed by atoms with Crippen LogP contribution in [-0.2, 0) is 22.5 Å². The van der Waals surface area contributed by atoms with Gasteiger partial charge in [0.1, 0.15) is 11.6 Å². The van der Waals surface area contributed by atoms with Crippen molar-refractivity contribution in [1.29, 1.82) is 0 Å². The lowest BCUT2D eigenvalue weighted by Crippen LogP contribution is -2.29. The molecule has 9 nitrogen and oxygen atoms in total. The molecule has 0 spiro atoms. The van der Waals surface area contributed by atoms with Crippen molar-refractivity contribution in [3.63, 3.8) is 0 Å². The molecular weight excluding hydrogens is 467 g/mol. The Labute approximate surface area is 209 Å². The zero-order valence-corrected chi connectivity index (χ0v) is 20.7. The van der Waals surface area contributed by atoms with Crippen LogP contribution in [0.4, 0.5) is 16.0 Å². The molecule has 1 aliphatic heterocycles. The Morgan fingerprint density at radius 2 is 2.08 bits per heavy atom. The van der Waals surface area contributed by atoms with Gasteiger partial charge in [0.05, 0.1) is 24.7 Å². The van der Waals surface area contributed by atoms with Crippen LogP contribution in [0.25, 0.3) is 11.5 Å². The molecular formula is C26H31FN4O5. The van der Waals surface area contributed by atoms with Crippen molar-refractivity contribution in [1.82, 2.24) is 15.0 Å². The maximum absolute atomic E-state index is 14.7. The number of fused-ring (bicyclic) bond motifs is 1. The van der Waals surface area contributed by atoms with E-state index in [1.165, 1.54) is 6.07 Å². The third-order valence-corrected chi connectivity index (χ3v) is 5.90. The highest BCUT2D eigenvalue weighted by molar-refractivity contribution is 5.68. The number of anilines is 2. The number of nitrogens with zero attached hydrogens (tertiary/aromatic N) is 4. The lowest BCUT2D eigenvalue weighted by atomic mass is 10.1. The lowest BCUT2D eigenvalue weighted by Gasteiger charge is -2.22. The summed E-state index contributed by atoms with van der Waals surface area (Å²) in [5.74, 6) is -0.381. The van der Waals surface area contributed by atoms with E-state index in [9.17, 15) is 9.18 Å². The smallest absolute Gasteiger partial charge is 0.304 e. The molecule has 1 N–H and O–H groups in total. The normalized spacial score (nSPS) is 13.0. The highest BCUT2D eigenvalue weighted by Gasteiger charge is 2.26. The average Bonchev–Trinajstić information content (AvgIpc) is 3.47. The lowest BCUT2D eigenvalue weighted by molar-refractivity contribution is -0.137. The fraction of sp³-hybridized carbons (Fsp3) is 0.423. The van der Waals surface area contributed by atoms with Gasteiger partial charge in [0.2, 0.25) is 0 Å². The van der Waals surface area contributed by atoms with E-state index in [4.69, 9.17) is 19.1 Å². The molecule has 0 saturated carbocycles. The van der Waals surface area contributed by atoms with Crippen molar-refractivity contribution in [3.8, 4) is 17.2 Å². The topological polar surface area (TPSA) is 101 Å². The van der Waals surface area contributed by atoms with Crippen molar-refractivity contribution in [3.05, 3.63) is 53.3 Å². The van der Waals surface area contributed by atoms with Crippen LogP contribution in [0.2, 0.25) is 0 Å². The number of aromatic nitrogens is 2. The molecule has 0 radical (unpaired) electrons. The summed E-state index contributed by atoms with van der Waals surface area (Å²) in [4.78, 5) is 19.5. The van der Waals surface area contributed by atoms with Crippen LogP contribution in [0, 0.1) is 5.82 Å².